The van der Waals surface area contributed by atoms with E-state index in [4.69, 9.17) is 14.5 Å². The standard InChI is InChI=1S/C24H33N3O3.HI/c1-3-25-24(27-19-6-8-20(28)9-7-19)26-17-16-18-4-10-22(11-5-18)30-23-14-12-21(29-2)13-15-23;/h4-5,10-15,19-20,28H,3,6-9,16-17H2,1-2H3,(H2,25,26,27);1H. The number of ether oxygens (including phenoxy) is 2. The van der Waals surface area contributed by atoms with Gasteiger partial charge in [0.2, 0.25) is 0 Å². The molecule has 0 atom stereocenters. The van der Waals surface area contributed by atoms with Gasteiger partial charge in [-0.3, -0.25) is 4.99 Å². The molecule has 0 bridgehead atoms. The fourth-order valence-electron chi connectivity index (χ4n) is 3.53. The number of aliphatic hydroxyl groups is 1. The van der Waals surface area contributed by atoms with Crippen molar-refractivity contribution in [3.8, 4) is 17.2 Å². The van der Waals surface area contributed by atoms with Crippen LogP contribution in [0.15, 0.2) is 53.5 Å². The molecule has 3 rings (SSSR count). The monoisotopic (exact) mass is 539 g/mol. The summed E-state index contributed by atoms with van der Waals surface area (Å²) in [6.45, 7) is 3.62. The highest BCUT2D eigenvalue weighted by molar-refractivity contribution is 14.0. The van der Waals surface area contributed by atoms with Crippen LogP contribution in [0.25, 0.3) is 0 Å². The largest absolute Gasteiger partial charge is 0.497 e. The number of nitrogens with zero attached hydrogens (tertiary/aromatic N) is 1. The van der Waals surface area contributed by atoms with E-state index < -0.39 is 0 Å². The molecular formula is C24H34IN3O3. The summed E-state index contributed by atoms with van der Waals surface area (Å²) in [6, 6.07) is 16.1. The van der Waals surface area contributed by atoms with Crippen LogP contribution in [0.4, 0.5) is 0 Å². The van der Waals surface area contributed by atoms with Gasteiger partial charge in [0.05, 0.1) is 13.2 Å². The summed E-state index contributed by atoms with van der Waals surface area (Å²) in [5.41, 5.74) is 1.22. The van der Waals surface area contributed by atoms with Gasteiger partial charge in [-0.25, -0.2) is 0 Å². The molecule has 0 radical (unpaired) electrons. The normalized spacial score (nSPS) is 18.6. The van der Waals surface area contributed by atoms with Crippen LogP contribution in [0, 0.1) is 0 Å². The minimum Gasteiger partial charge on any atom is -0.497 e. The number of nitrogens with one attached hydrogen (secondary N) is 2. The summed E-state index contributed by atoms with van der Waals surface area (Å²) in [4.78, 5) is 4.72. The average molecular weight is 539 g/mol. The quantitative estimate of drug-likeness (QED) is 0.262. The van der Waals surface area contributed by atoms with Gasteiger partial charge in [-0.2, -0.15) is 0 Å². The molecule has 2 aromatic rings. The molecule has 0 saturated heterocycles. The Hall–Kier alpha value is -2.00. The fraction of sp³-hybridized carbons (Fsp3) is 0.458. The zero-order valence-electron chi connectivity index (χ0n) is 18.3. The average Bonchev–Trinajstić information content (AvgIpc) is 2.77. The summed E-state index contributed by atoms with van der Waals surface area (Å²) < 4.78 is 11.0. The van der Waals surface area contributed by atoms with Gasteiger partial charge in [-0.1, -0.05) is 12.1 Å². The Labute approximate surface area is 202 Å². The number of rotatable bonds is 8. The first-order valence-electron chi connectivity index (χ1n) is 10.8. The predicted molar refractivity (Wildman–Crippen MR) is 136 cm³/mol. The van der Waals surface area contributed by atoms with Gasteiger partial charge in [-0.15, -0.1) is 24.0 Å². The predicted octanol–water partition coefficient (Wildman–Crippen LogP) is 4.51. The summed E-state index contributed by atoms with van der Waals surface area (Å²) >= 11 is 0. The molecular weight excluding hydrogens is 505 g/mol. The minimum atomic E-state index is -0.140. The van der Waals surface area contributed by atoms with Crippen molar-refractivity contribution in [2.45, 2.75) is 51.2 Å². The summed E-state index contributed by atoms with van der Waals surface area (Å²) in [7, 11) is 1.65. The van der Waals surface area contributed by atoms with Crippen LogP contribution in [-0.4, -0.2) is 43.4 Å². The van der Waals surface area contributed by atoms with Gasteiger partial charge in [0.15, 0.2) is 5.96 Å². The van der Waals surface area contributed by atoms with Crippen LogP contribution < -0.4 is 20.1 Å². The third-order valence-corrected chi connectivity index (χ3v) is 5.27. The molecule has 7 heteroatoms. The molecule has 0 aliphatic heterocycles. The van der Waals surface area contributed by atoms with Crippen LogP contribution in [0.3, 0.4) is 0 Å². The number of benzene rings is 2. The number of aliphatic imine (C=N–C) groups is 1. The smallest absolute Gasteiger partial charge is 0.191 e. The highest BCUT2D eigenvalue weighted by atomic mass is 127. The zero-order valence-corrected chi connectivity index (χ0v) is 20.7. The van der Waals surface area contributed by atoms with Gasteiger partial charge in [0.1, 0.15) is 17.2 Å². The Balaban J connectivity index is 0.00000341. The first-order chi connectivity index (χ1) is 14.7. The van der Waals surface area contributed by atoms with Crippen LogP contribution in [0.2, 0.25) is 0 Å². The third-order valence-electron chi connectivity index (χ3n) is 5.27. The van der Waals surface area contributed by atoms with E-state index in [2.05, 4.69) is 29.7 Å². The molecule has 0 heterocycles. The maximum Gasteiger partial charge on any atom is 0.191 e. The maximum absolute atomic E-state index is 9.67. The molecule has 0 spiro atoms. The van der Waals surface area contributed by atoms with Gasteiger partial charge in [-0.05, 0) is 81.0 Å². The van der Waals surface area contributed by atoms with E-state index >= 15 is 0 Å². The Bertz CT molecular complexity index is 789. The molecule has 1 aliphatic rings. The van der Waals surface area contributed by atoms with Gasteiger partial charge < -0.3 is 25.2 Å². The molecule has 2 aromatic carbocycles. The van der Waals surface area contributed by atoms with E-state index in [1.54, 1.807) is 7.11 Å². The lowest BCUT2D eigenvalue weighted by Gasteiger charge is -2.27. The second-order valence-electron chi connectivity index (χ2n) is 7.58. The van der Waals surface area contributed by atoms with Crippen molar-refractivity contribution in [3.05, 3.63) is 54.1 Å². The molecule has 1 saturated carbocycles. The zero-order chi connectivity index (χ0) is 21.2. The molecule has 0 aromatic heterocycles. The van der Waals surface area contributed by atoms with E-state index in [1.807, 2.05) is 36.4 Å². The molecule has 6 nitrogen and oxygen atoms in total. The molecule has 0 unspecified atom stereocenters. The first-order valence-corrected chi connectivity index (χ1v) is 10.8. The second-order valence-corrected chi connectivity index (χ2v) is 7.58. The van der Waals surface area contributed by atoms with Crippen LogP contribution in [0.5, 0.6) is 17.2 Å². The number of hydrogen-bond donors (Lipinski definition) is 3. The molecule has 3 N–H and O–H groups in total. The Morgan fingerprint density at radius 1 is 0.968 bits per heavy atom. The number of halogens is 1. The second kappa shape index (κ2) is 13.4. The van der Waals surface area contributed by atoms with Crippen LogP contribution in [0.1, 0.15) is 38.2 Å². The number of aliphatic hydroxyl groups excluding tert-OH is 1. The highest BCUT2D eigenvalue weighted by Crippen LogP contribution is 2.24. The fourth-order valence-corrected chi connectivity index (χ4v) is 3.53. The highest BCUT2D eigenvalue weighted by Gasteiger charge is 2.19. The number of methoxy groups -OCH3 is 1. The minimum absolute atomic E-state index is 0. The molecule has 0 amide bonds. The lowest BCUT2D eigenvalue weighted by molar-refractivity contribution is 0.120. The van der Waals surface area contributed by atoms with Crippen molar-refractivity contribution in [1.82, 2.24) is 10.6 Å². The Kier molecular flexibility index (Phi) is 10.9. The maximum atomic E-state index is 9.67. The SMILES string of the molecule is CCNC(=NCCc1ccc(Oc2ccc(OC)cc2)cc1)NC1CCC(O)CC1.I. The lowest BCUT2D eigenvalue weighted by atomic mass is 9.93. The topological polar surface area (TPSA) is 75.1 Å². The van der Waals surface area contributed by atoms with E-state index in [-0.39, 0.29) is 30.1 Å². The molecule has 1 fully saturated rings. The van der Waals surface area contributed by atoms with E-state index in [9.17, 15) is 5.11 Å². The van der Waals surface area contributed by atoms with E-state index in [0.717, 1.165) is 61.9 Å². The summed E-state index contributed by atoms with van der Waals surface area (Å²) in [5.74, 6) is 3.26. The van der Waals surface area contributed by atoms with E-state index in [1.165, 1.54) is 5.56 Å². The molecule has 1 aliphatic carbocycles. The van der Waals surface area contributed by atoms with Crippen LogP contribution in [-0.2, 0) is 6.42 Å². The van der Waals surface area contributed by atoms with Crippen molar-refractivity contribution in [1.29, 1.82) is 0 Å². The van der Waals surface area contributed by atoms with Gasteiger partial charge >= 0.3 is 0 Å². The Morgan fingerprint density at radius 2 is 1.55 bits per heavy atom. The van der Waals surface area contributed by atoms with Crippen molar-refractivity contribution in [3.63, 3.8) is 0 Å². The summed E-state index contributed by atoms with van der Waals surface area (Å²) in [6.07, 6.45) is 4.43. The number of hydrogen-bond acceptors (Lipinski definition) is 4. The van der Waals surface area contributed by atoms with Crippen molar-refractivity contribution in [2.75, 3.05) is 20.2 Å². The van der Waals surface area contributed by atoms with Crippen molar-refractivity contribution < 1.29 is 14.6 Å². The number of guanidine groups is 1. The van der Waals surface area contributed by atoms with Gasteiger partial charge in [0.25, 0.3) is 0 Å². The van der Waals surface area contributed by atoms with Crippen molar-refractivity contribution >= 4 is 29.9 Å². The molecule has 170 valence electrons. The van der Waals surface area contributed by atoms with Crippen LogP contribution >= 0.6 is 24.0 Å². The Morgan fingerprint density at radius 3 is 2.13 bits per heavy atom. The van der Waals surface area contributed by atoms with Crippen molar-refractivity contribution in [2.24, 2.45) is 4.99 Å². The van der Waals surface area contributed by atoms with Gasteiger partial charge in [0, 0.05) is 19.1 Å². The first kappa shape index (κ1) is 25.3. The van der Waals surface area contributed by atoms with E-state index in [0.29, 0.717) is 12.6 Å². The molecule has 31 heavy (non-hydrogen) atoms. The lowest BCUT2D eigenvalue weighted by Crippen LogP contribution is -2.45. The third kappa shape index (κ3) is 8.57. The summed E-state index contributed by atoms with van der Waals surface area (Å²) in [5, 5.41) is 16.5.